The van der Waals surface area contributed by atoms with Crippen molar-refractivity contribution < 1.29 is 41.7 Å². The number of ether oxygens (including phenoxy) is 1. The molecule has 4 rings (SSSR count). The van der Waals surface area contributed by atoms with E-state index in [0.717, 1.165) is 30.3 Å². The number of nitro groups is 1. The standard InChI is InChI=1S/C29H41N5O10SSi/c1-6-46(7-2,8-3)44-18(5)23-24-17(4)22(16-32-14-13-20(15-32)26(35)31-45(30,41)42)25(33(24)27(23)36)29(38)43-28(37)19-9-11-21(12-10-19)34(39)40/h9-12,17-18,20,23-24H,6-8,13-16H2,1-5H3,(H,31,35)(H2,30,41,42)/t17-,18+,20-,23?,24+/m0/s1. The first-order chi connectivity index (χ1) is 21.6. The fraction of sp³-hybridized carbons (Fsp3) is 0.586. The van der Waals surface area contributed by atoms with Crippen LogP contribution in [0.25, 0.3) is 0 Å². The van der Waals surface area contributed by atoms with Crippen LogP contribution in [0.15, 0.2) is 35.5 Å². The van der Waals surface area contributed by atoms with Crippen LogP contribution in [-0.2, 0) is 33.8 Å². The van der Waals surface area contributed by atoms with E-state index in [4.69, 9.17) is 14.3 Å². The second kappa shape index (κ2) is 13.7. The number of nitrogens with two attached hydrogens (primary N) is 1. The van der Waals surface area contributed by atoms with Crippen molar-refractivity contribution in [3.63, 3.8) is 0 Å². The van der Waals surface area contributed by atoms with E-state index < -0.39 is 65.3 Å². The second-order valence-electron chi connectivity index (χ2n) is 12.2. The first-order valence-corrected chi connectivity index (χ1v) is 19.5. The minimum Gasteiger partial charge on any atom is -0.413 e. The molecule has 1 aromatic rings. The van der Waals surface area contributed by atoms with E-state index in [-0.39, 0.29) is 41.9 Å². The van der Waals surface area contributed by atoms with Gasteiger partial charge in [0.1, 0.15) is 5.70 Å². The van der Waals surface area contributed by atoms with Gasteiger partial charge in [0, 0.05) is 31.1 Å². The van der Waals surface area contributed by atoms with E-state index in [1.54, 1.807) is 4.72 Å². The normalized spacial score (nSPS) is 24.0. The summed E-state index contributed by atoms with van der Waals surface area (Å²) in [6.45, 7) is 10.8. The van der Waals surface area contributed by atoms with E-state index in [1.807, 2.05) is 18.7 Å². The topological polar surface area (TPSA) is 209 Å². The van der Waals surface area contributed by atoms with Crippen molar-refractivity contribution in [1.29, 1.82) is 0 Å². The smallest absolute Gasteiger partial charge is 0.362 e. The number of nitro benzene ring substituents is 1. The first-order valence-electron chi connectivity index (χ1n) is 15.4. The third kappa shape index (κ3) is 7.07. The molecule has 5 atom stereocenters. The summed E-state index contributed by atoms with van der Waals surface area (Å²) in [5.74, 6) is -4.62. The highest BCUT2D eigenvalue weighted by atomic mass is 32.2. The molecule has 17 heteroatoms. The van der Waals surface area contributed by atoms with Gasteiger partial charge in [-0.2, -0.15) is 8.42 Å². The van der Waals surface area contributed by atoms with Crippen LogP contribution >= 0.6 is 0 Å². The zero-order valence-electron chi connectivity index (χ0n) is 26.6. The molecule has 0 aromatic heterocycles. The van der Waals surface area contributed by atoms with Crippen LogP contribution in [0.5, 0.6) is 0 Å². The maximum Gasteiger partial charge on any atom is 0.362 e. The fourth-order valence-corrected chi connectivity index (χ4v) is 10.2. The van der Waals surface area contributed by atoms with Crippen molar-refractivity contribution >= 4 is 48.0 Å². The van der Waals surface area contributed by atoms with Crippen LogP contribution in [0.3, 0.4) is 0 Å². The molecule has 15 nitrogen and oxygen atoms in total. The maximum absolute atomic E-state index is 13.7. The molecule has 3 aliphatic rings. The van der Waals surface area contributed by atoms with Gasteiger partial charge in [0.15, 0.2) is 8.32 Å². The molecular weight excluding hydrogens is 638 g/mol. The average molecular weight is 680 g/mol. The Morgan fingerprint density at radius 1 is 1.13 bits per heavy atom. The number of benzene rings is 1. The summed E-state index contributed by atoms with van der Waals surface area (Å²) < 4.78 is 36.4. The van der Waals surface area contributed by atoms with E-state index in [2.05, 4.69) is 20.8 Å². The van der Waals surface area contributed by atoms with E-state index >= 15 is 0 Å². The van der Waals surface area contributed by atoms with E-state index in [0.29, 0.717) is 18.5 Å². The molecule has 3 aliphatic heterocycles. The fourth-order valence-electron chi connectivity index (χ4n) is 6.86. The average Bonchev–Trinajstić information content (AvgIpc) is 3.56. The Balaban J connectivity index is 1.60. The largest absolute Gasteiger partial charge is 0.413 e. The third-order valence-electron chi connectivity index (χ3n) is 9.64. The number of nitrogens with zero attached hydrogens (tertiary/aromatic N) is 3. The van der Waals surface area contributed by atoms with Crippen LogP contribution in [0.2, 0.25) is 18.1 Å². The molecule has 1 aromatic carbocycles. The summed E-state index contributed by atoms with van der Waals surface area (Å²) in [7, 11) is -6.30. The minimum absolute atomic E-state index is 0.0522. The molecule has 1 unspecified atom stereocenters. The summed E-state index contributed by atoms with van der Waals surface area (Å²) >= 11 is 0. The molecule has 0 bridgehead atoms. The van der Waals surface area contributed by atoms with Gasteiger partial charge >= 0.3 is 11.9 Å². The number of rotatable bonds is 13. The molecule has 3 N–H and O–H groups in total. The third-order valence-corrected chi connectivity index (χ3v) is 14.9. The van der Waals surface area contributed by atoms with Crippen molar-refractivity contribution in [2.75, 3.05) is 19.6 Å². The Morgan fingerprint density at radius 3 is 2.28 bits per heavy atom. The van der Waals surface area contributed by atoms with Gasteiger partial charge in [-0.1, -0.05) is 27.7 Å². The van der Waals surface area contributed by atoms with Gasteiger partial charge < -0.3 is 14.1 Å². The van der Waals surface area contributed by atoms with Gasteiger partial charge in [-0.25, -0.2) is 19.5 Å². The number of hydrogen-bond acceptors (Lipinski definition) is 11. The van der Waals surface area contributed by atoms with Crippen LogP contribution < -0.4 is 9.86 Å². The van der Waals surface area contributed by atoms with Gasteiger partial charge in [0.05, 0.1) is 34.5 Å². The highest BCUT2D eigenvalue weighted by molar-refractivity contribution is 7.87. The summed E-state index contributed by atoms with van der Waals surface area (Å²) in [5.41, 5.74) is 0.175. The Hall–Kier alpha value is -3.51. The Labute approximate surface area is 268 Å². The summed E-state index contributed by atoms with van der Waals surface area (Å²) in [6, 6.07) is 6.86. The van der Waals surface area contributed by atoms with Gasteiger partial charge in [0.25, 0.3) is 15.9 Å². The first kappa shape index (κ1) is 35.3. The number of nitrogens with one attached hydrogen (secondary N) is 1. The van der Waals surface area contributed by atoms with Crippen molar-refractivity contribution in [3.05, 3.63) is 51.2 Å². The molecule has 46 heavy (non-hydrogen) atoms. The Bertz CT molecular complexity index is 1540. The van der Waals surface area contributed by atoms with Crippen LogP contribution in [-0.4, -0.2) is 87.0 Å². The molecular formula is C29H41N5O10SSi. The zero-order valence-corrected chi connectivity index (χ0v) is 28.4. The summed E-state index contributed by atoms with van der Waals surface area (Å²) in [6.07, 6.45) is -0.0576. The van der Waals surface area contributed by atoms with Crippen LogP contribution in [0.1, 0.15) is 51.4 Å². The quantitative estimate of drug-likeness (QED) is 0.0770. The van der Waals surface area contributed by atoms with Crippen molar-refractivity contribution in [3.8, 4) is 0 Å². The van der Waals surface area contributed by atoms with Gasteiger partial charge in [0.2, 0.25) is 11.8 Å². The van der Waals surface area contributed by atoms with Crippen molar-refractivity contribution in [2.24, 2.45) is 22.9 Å². The lowest BCUT2D eigenvalue weighted by Gasteiger charge is -2.49. The molecule has 0 radical (unpaired) electrons. The number of fused-ring (bicyclic) bond motifs is 1. The number of likely N-dealkylation sites (tertiary alicyclic amines) is 1. The van der Waals surface area contributed by atoms with Crippen LogP contribution in [0, 0.1) is 27.9 Å². The molecule has 252 valence electrons. The lowest BCUT2D eigenvalue weighted by Crippen LogP contribution is -2.65. The number of carbonyl (C=O) groups is 4. The van der Waals surface area contributed by atoms with Gasteiger partial charge in [-0.3, -0.25) is 24.6 Å². The molecule has 0 saturated carbocycles. The molecule has 0 spiro atoms. The van der Waals surface area contributed by atoms with E-state index in [9.17, 15) is 37.7 Å². The molecule has 2 saturated heterocycles. The SMILES string of the molecule is CC[Si](CC)(CC)O[C@H](C)C1C(=O)N2C(C(=O)OC(=O)c3ccc([N+](=O)[O-])cc3)=C(CN3CC[C@H](C(=O)NS(N)(=O)=O)C3)[C@H](C)[C@H]12. The van der Waals surface area contributed by atoms with E-state index in [1.165, 1.54) is 17.0 Å². The Morgan fingerprint density at radius 2 is 1.74 bits per heavy atom. The lowest BCUT2D eigenvalue weighted by atomic mass is 9.77. The molecule has 2 fully saturated rings. The number of esters is 2. The van der Waals surface area contributed by atoms with Gasteiger partial charge in [-0.05, 0) is 55.7 Å². The number of amides is 2. The lowest BCUT2D eigenvalue weighted by molar-refractivity contribution is -0.384. The Kier molecular flexibility index (Phi) is 10.5. The highest BCUT2D eigenvalue weighted by Gasteiger charge is 2.61. The van der Waals surface area contributed by atoms with Gasteiger partial charge in [-0.15, -0.1) is 0 Å². The highest BCUT2D eigenvalue weighted by Crippen LogP contribution is 2.49. The minimum atomic E-state index is -4.22. The predicted molar refractivity (Wildman–Crippen MR) is 167 cm³/mol. The van der Waals surface area contributed by atoms with Crippen molar-refractivity contribution in [2.45, 2.75) is 71.3 Å². The number of carbonyl (C=O) groups excluding carboxylic acids is 4. The molecule has 3 heterocycles. The predicted octanol–water partition coefficient (Wildman–Crippen LogP) is 2.06. The maximum atomic E-state index is 13.7. The number of hydrogen-bond donors (Lipinski definition) is 2. The molecule has 0 aliphatic carbocycles. The monoisotopic (exact) mass is 679 g/mol. The molecule has 2 amide bonds. The second-order valence-corrected chi connectivity index (χ2v) is 18.2. The van der Waals surface area contributed by atoms with Crippen molar-refractivity contribution in [1.82, 2.24) is 14.5 Å². The summed E-state index contributed by atoms with van der Waals surface area (Å²) in [5, 5.41) is 16.0. The van der Waals surface area contributed by atoms with Crippen LogP contribution in [0.4, 0.5) is 5.69 Å². The number of β-lactam (4-membered cyclic amide) rings is 1. The zero-order chi connectivity index (χ0) is 34.1. The summed E-state index contributed by atoms with van der Waals surface area (Å²) in [4.78, 5) is 66.4. The number of non-ortho nitro benzene ring substituents is 1.